The van der Waals surface area contributed by atoms with Crippen molar-refractivity contribution in [3.05, 3.63) is 0 Å². The van der Waals surface area contributed by atoms with Crippen molar-refractivity contribution in [2.24, 2.45) is 0 Å². The summed E-state index contributed by atoms with van der Waals surface area (Å²) in [5.74, 6) is 0.340. The van der Waals surface area contributed by atoms with E-state index in [1.54, 1.807) is 18.7 Å². The molecule has 0 amide bonds. The summed E-state index contributed by atoms with van der Waals surface area (Å²) in [5.41, 5.74) is 0. The van der Waals surface area contributed by atoms with Gasteiger partial charge in [-0.3, -0.25) is 9.59 Å². The molecule has 1 unspecified atom stereocenters. The molecule has 0 radical (unpaired) electrons. The third-order valence-corrected chi connectivity index (χ3v) is 9.46. The number of hydrogen-bond acceptors (Lipinski definition) is 4. The van der Waals surface area contributed by atoms with Crippen molar-refractivity contribution in [1.29, 1.82) is 0 Å². The molecule has 0 saturated carbocycles. The monoisotopic (exact) mass is 629 g/mol. The van der Waals surface area contributed by atoms with Crippen LogP contribution in [0.4, 0.5) is 0 Å². The molecule has 0 aliphatic carbocycles. The van der Waals surface area contributed by atoms with Gasteiger partial charge in [-0.25, -0.2) is 0 Å². The fourth-order valence-corrected chi connectivity index (χ4v) is 6.14. The van der Waals surface area contributed by atoms with Gasteiger partial charge >= 0.3 is 11.9 Å². The first kappa shape index (κ1) is 44.4. The highest BCUT2D eigenvalue weighted by Crippen LogP contribution is 2.18. The number of carboxylic acids is 1. The standard InChI is InChI=1S/C35H70O2S.C3H6O2/c1-4-6-8-10-12-14-16-18-19-20-21-23-25-27-29-31-33-38-34(3)35(36)37-32-30-28-26-24-22-17-15-13-11-9-7-5-2;1-2-3(4)5/h34H,4-33H2,1-3H3;2H2,1H3,(H,4,5). The first-order valence-corrected chi connectivity index (χ1v) is 20.0. The summed E-state index contributed by atoms with van der Waals surface area (Å²) in [4.78, 5) is 21.6. The third-order valence-electron chi connectivity index (χ3n) is 8.24. The number of thioether (sulfide) groups is 1. The highest BCUT2D eigenvalue weighted by molar-refractivity contribution is 8.00. The Balaban J connectivity index is 0. The van der Waals surface area contributed by atoms with Crippen LogP contribution in [0.1, 0.15) is 214 Å². The Labute approximate surface area is 274 Å². The van der Waals surface area contributed by atoms with Crippen LogP contribution in [0, 0.1) is 0 Å². The van der Waals surface area contributed by atoms with E-state index in [4.69, 9.17) is 9.84 Å². The molecule has 0 saturated heterocycles. The van der Waals surface area contributed by atoms with E-state index in [1.807, 2.05) is 6.92 Å². The number of carbonyl (C=O) groups is 2. The number of esters is 1. The summed E-state index contributed by atoms with van der Waals surface area (Å²) < 4.78 is 5.52. The van der Waals surface area contributed by atoms with E-state index < -0.39 is 5.97 Å². The fraction of sp³-hybridized carbons (Fsp3) is 0.947. The predicted molar refractivity (Wildman–Crippen MR) is 191 cm³/mol. The SMILES string of the molecule is CCC(=O)O.CCCCCCCCCCCCCCCCCCSC(C)C(=O)OCCCCCCCCCCCCCC. The molecule has 0 heterocycles. The molecule has 0 fully saturated rings. The molecule has 0 rings (SSSR count). The molecule has 43 heavy (non-hydrogen) atoms. The maximum absolute atomic E-state index is 12.2. The molecule has 1 atom stereocenters. The van der Waals surface area contributed by atoms with Crippen LogP contribution in [0.25, 0.3) is 0 Å². The number of aliphatic carboxylic acids is 1. The van der Waals surface area contributed by atoms with Crippen molar-refractivity contribution < 1.29 is 19.4 Å². The van der Waals surface area contributed by atoms with E-state index in [9.17, 15) is 9.59 Å². The van der Waals surface area contributed by atoms with Crippen LogP contribution in [-0.4, -0.2) is 34.7 Å². The minimum atomic E-state index is -0.745. The van der Waals surface area contributed by atoms with Gasteiger partial charge in [-0.2, -0.15) is 0 Å². The molecule has 0 spiro atoms. The molecule has 1 N–H and O–H groups in total. The van der Waals surface area contributed by atoms with Crippen LogP contribution in [0.2, 0.25) is 0 Å². The smallest absolute Gasteiger partial charge is 0.318 e. The highest BCUT2D eigenvalue weighted by Gasteiger charge is 2.14. The Morgan fingerprint density at radius 2 is 0.791 bits per heavy atom. The van der Waals surface area contributed by atoms with E-state index in [0.717, 1.165) is 12.2 Å². The normalized spacial score (nSPS) is 11.6. The minimum Gasteiger partial charge on any atom is -0.481 e. The average Bonchev–Trinajstić information content (AvgIpc) is 3.01. The lowest BCUT2D eigenvalue weighted by Gasteiger charge is -2.11. The van der Waals surface area contributed by atoms with Gasteiger partial charge in [0, 0.05) is 6.42 Å². The summed E-state index contributed by atoms with van der Waals surface area (Å²) in [6, 6.07) is 0. The summed E-state index contributed by atoms with van der Waals surface area (Å²) in [7, 11) is 0. The molecular formula is C38H76O4S. The van der Waals surface area contributed by atoms with Gasteiger partial charge in [-0.05, 0) is 25.5 Å². The summed E-state index contributed by atoms with van der Waals surface area (Å²) in [6.07, 6.45) is 38.8. The van der Waals surface area contributed by atoms with E-state index in [1.165, 1.54) is 173 Å². The van der Waals surface area contributed by atoms with Crippen molar-refractivity contribution in [2.75, 3.05) is 12.4 Å². The molecule has 0 aromatic carbocycles. The van der Waals surface area contributed by atoms with Crippen molar-refractivity contribution in [3.63, 3.8) is 0 Å². The Bertz CT molecular complexity index is 554. The Kier molecular flexibility index (Phi) is 40.6. The molecule has 258 valence electrons. The molecule has 0 bridgehead atoms. The van der Waals surface area contributed by atoms with E-state index in [0.29, 0.717) is 6.61 Å². The van der Waals surface area contributed by atoms with Crippen molar-refractivity contribution in [1.82, 2.24) is 0 Å². The lowest BCUT2D eigenvalue weighted by molar-refractivity contribution is -0.142. The van der Waals surface area contributed by atoms with Crippen LogP contribution in [0.5, 0.6) is 0 Å². The zero-order chi connectivity index (χ0) is 32.1. The van der Waals surface area contributed by atoms with E-state index in [-0.39, 0.29) is 17.6 Å². The molecule has 4 nitrogen and oxygen atoms in total. The second-order valence-electron chi connectivity index (χ2n) is 12.6. The van der Waals surface area contributed by atoms with Gasteiger partial charge in [0.05, 0.1) is 11.9 Å². The summed E-state index contributed by atoms with van der Waals surface area (Å²) >= 11 is 1.78. The van der Waals surface area contributed by atoms with Gasteiger partial charge in [0.15, 0.2) is 0 Å². The average molecular weight is 629 g/mol. The van der Waals surface area contributed by atoms with Gasteiger partial charge in [0.25, 0.3) is 0 Å². The number of hydrogen-bond donors (Lipinski definition) is 1. The van der Waals surface area contributed by atoms with Crippen LogP contribution in [-0.2, 0) is 14.3 Å². The van der Waals surface area contributed by atoms with Crippen LogP contribution < -0.4 is 0 Å². The third kappa shape index (κ3) is 41.3. The minimum absolute atomic E-state index is 0.00503. The van der Waals surface area contributed by atoms with Crippen molar-refractivity contribution in [2.45, 2.75) is 219 Å². The predicted octanol–water partition coefficient (Wildman–Crippen LogP) is 13.1. The molecule has 5 heteroatoms. The lowest BCUT2D eigenvalue weighted by atomic mass is 10.0. The van der Waals surface area contributed by atoms with Crippen LogP contribution in [0.3, 0.4) is 0 Å². The molecule has 0 aliphatic heterocycles. The van der Waals surface area contributed by atoms with Crippen molar-refractivity contribution >= 4 is 23.7 Å². The number of ether oxygens (including phenoxy) is 1. The van der Waals surface area contributed by atoms with Gasteiger partial charge in [0.2, 0.25) is 0 Å². The van der Waals surface area contributed by atoms with Gasteiger partial charge < -0.3 is 9.84 Å². The lowest BCUT2D eigenvalue weighted by Crippen LogP contribution is -2.18. The van der Waals surface area contributed by atoms with Crippen molar-refractivity contribution in [3.8, 4) is 0 Å². The first-order chi connectivity index (χ1) is 21.0. The Morgan fingerprint density at radius 1 is 0.512 bits per heavy atom. The second kappa shape index (κ2) is 39.3. The number of rotatable bonds is 33. The fourth-order valence-electron chi connectivity index (χ4n) is 5.21. The highest BCUT2D eigenvalue weighted by atomic mass is 32.2. The van der Waals surface area contributed by atoms with E-state index >= 15 is 0 Å². The molecular weight excluding hydrogens is 552 g/mol. The van der Waals surface area contributed by atoms with Gasteiger partial charge in [0.1, 0.15) is 0 Å². The molecule has 0 aliphatic rings. The summed E-state index contributed by atoms with van der Waals surface area (Å²) in [5, 5.41) is 7.71. The quantitative estimate of drug-likeness (QED) is 0.0578. The van der Waals surface area contributed by atoms with E-state index in [2.05, 4.69) is 13.8 Å². The zero-order valence-corrected chi connectivity index (χ0v) is 30.4. The van der Waals surface area contributed by atoms with Crippen LogP contribution in [0.15, 0.2) is 0 Å². The van der Waals surface area contributed by atoms with Crippen LogP contribution >= 0.6 is 11.8 Å². The number of unbranched alkanes of at least 4 members (excludes halogenated alkanes) is 26. The summed E-state index contributed by atoms with van der Waals surface area (Å²) in [6.45, 7) is 8.80. The molecule has 0 aromatic heterocycles. The number of carbonyl (C=O) groups excluding carboxylic acids is 1. The topological polar surface area (TPSA) is 63.6 Å². The first-order valence-electron chi connectivity index (χ1n) is 19.0. The number of carboxylic acid groups (broad SMARTS) is 1. The second-order valence-corrected chi connectivity index (χ2v) is 14.1. The van der Waals surface area contributed by atoms with Gasteiger partial charge in [-0.15, -0.1) is 11.8 Å². The van der Waals surface area contributed by atoms with Gasteiger partial charge in [-0.1, -0.05) is 188 Å². The zero-order valence-electron chi connectivity index (χ0n) is 29.6. The molecule has 0 aromatic rings. The largest absolute Gasteiger partial charge is 0.481 e. The maximum Gasteiger partial charge on any atom is 0.318 e. The Morgan fingerprint density at radius 3 is 1.09 bits per heavy atom. The maximum atomic E-state index is 12.2. The Hall–Kier alpha value is -0.710.